The number of hydrogen-bond donors (Lipinski definition) is 1. The standard InChI is InChI=1S/C32H29F3N2O6S/c1-3-42-29-24-7-5-6-8-25(24)30(43-4-2)28-26(29)18-37(31(28)39)23-15-11-21(12-16-23)19-44(40,41)36-27(38)17-20-9-13-22(14-10-20)32(33,34)35/h5-16H,3-4,17-19H2,1-2H3,(H,36,38). The summed E-state index contributed by atoms with van der Waals surface area (Å²) in [6.07, 6.45) is -4.92. The Morgan fingerprint density at radius 2 is 1.43 bits per heavy atom. The van der Waals surface area contributed by atoms with Gasteiger partial charge in [0.15, 0.2) is 0 Å². The van der Waals surface area contributed by atoms with Crippen molar-refractivity contribution in [3.05, 3.63) is 101 Å². The van der Waals surface area contributed by atoms with Crippen LogP contribution < -0.4 is 19.1 Å². The van der Waals surface area contributed by atoms with Crippen molar-refractivity contribution in [1.82, 2.24) is 4.72 Å². The van der Waals surface area contributed by atoms with Crippen LogP contribution in [-0.2, 0) is 39.7 Å². The molecule has 0 aliphatic carbocycles. The molecular formula is C32H29F3N2O6S. The first-order chi connectivity index (χ1) is 20.9. The van der Waals surface area contributed by atoms with Crippen molar-refractivity contribution in [1.29, 1.82) is 0 Å². The number of alkyl halides is 3. The van der Waals surface area contributed by atoms with Gasteiger partial charge in [0.05, 0.1) is 43.1 Å². The Labute approximate surface area is 252 Å². The molecule has 1 N–H and O–H groups in total. The molecule has 2 amide bonds. The number of nitrogens with zero attached hydrogens (tertiary/aromatic N) is 1. The maximum atomic E-state index is 13.7. The van der Waals surface area contributed by atoms with Crippen LogP contribution in [0.4, 0.5) is 18.9 Å². The van der Waals surface area contributed by atoms with Gasteiger partial charge in [0, 0.05) is 22.0 Å². The fraction of sp³-hybridized carbons (Fsp3) is 0.250. The number of sulfonamides is 1. The molecule has 12 heteroatoms. The smallest absolute Gasteiger partial charge is 0.416 e. The molecule has 4 aromatic carbocycles. The molecule has 0 spiro atoms. The average molecular weight is 627 g/mol. The second-order valence-electron chi connectivity index (χ2n) is 10.1. The molecular weight excluding hydrogens is 597 g/mol. The van der Waals surface area contributed by atoms with Crippen molar-refractivity contribution in [3.8, 4) is 11.5 Å². The van der Waals surface area contributed by atoms with E-state index in [1.165, 1.54) is 0 Å². The predicted molar refractivity (Wildman–Crippen MR) is 159 cm³/mol. The lowest BCUT2D eigenvalue weighted by Gasteiger charge is -2.16. The Hall–Kier alpha value is -4.58. The van der Waals surface area contributed by atoms with E-state index in [9.17, 15) is 31.2 Å². The molecule has 0 unspecified atom stereocenters. The normalized spacial score (nSPS) is 13.2. The van der Waals surface area contributed by atoms with Gasteiger partial charge in [-0.3, -0.25) is 14.3 Å². The molecule has 0 saturated carbocycles. The van der Waals surface area contributed by atoms with Crippen molar-refractivity contribution in [3.63, 3.8) is 0 Å². The van der Waals surface area contributed by atoms with Crippen LogP contribution in [0, 0.1) is 0 Å². The second kappa shape index (κ2) is 12.2. The summed E-state index contributed by atoms with van der Waals surface area (Å²) in [6, 6.07) is 17.8. The van der Waals surface area contributed by atoms with E-state index in [1.54, 1.807) is 29.2 Å². The molecule has 0 saturated heterocycles. The third-order valence-corrected chi connectivity index (χ3v) is 8.34. The molecule has 0 fully saturated rings. The van der Waals surface area contributed by atoms with Crippen LogP contribution in [-0.4, -0.2) is 33.4 Å². The Balaban J connectivity index is 1.31. The molecule has 0 radical (unpaired) electrons. The van der Waals surface area contributed by atoms with Crippen molar-refractivity contribution >= 4 is 38.3 Å². The van der Waals surface area contributed by atoms with E-state index in [4.69, 9.17) is 9.47 Å². The number of halogens is 3. The van der Waals surface area contributed by atoms with Gasteiger partial charge in [-0.25, -0.2) is 8.42 Å². The number of benzene rings is 4. The van der Waals surface area contributed by atoms with Crippen molar-refractivity contribution < 1.29 is 40.7 Å². The van der Waals surface area contributed by atoms with Crippen molar-refractivity contribution in [2.75, 3.05) is 18.1 Å². The van der Waals surface area contributed by atoms with Gasteiger partial charge in [0.1, 0.15) is 11.5 Å². The molecule has 44 heavy (non-hydrogen) atoms. The minimum absolute atomic E-state index is 0.228. The zero-order valence-corrected chi connectivity index (χ0v) is 24.7. The highest BCUT2D eigenvalue weighted by Gasteiger charge is 2.37. The molecule has 230 valence electrons. The minimum Gasteiger partial charge on any atom is -0.493 e. The van der Waals surface area contributed by atoms with Crippen LogP contribution in [0.5, 0.6) is 11.5 Å². The molecule has 1 heterocycles. The van der Waals surface area contributed by atoms with Crippen LogP contribution in [0.25, 0.3) is 10.8 Å². The van der Waals surface area contributed by atoms with Crippen LogP contribution >= 0.6 is 0 Å². The van der Waals surface area contributed by atoms with Gasteiger partial charge in [-0.2, -0.15) is 13.2 Å². The van der Waals surface area contributed by atoms with Crippen LogP contribution in [0.1, 0.15) is 46.5 Å². The Bertz CT molecular complexity index is 1820. The Morgan fingerprint density at radius 1 is 0.864 bits per heavy atom. The highest BCUT2D eigenvalue weighted by atomic mass is 32.2. The first-order valence-corrected chi connectivity index (χ1v) is 15.5. The number of anilines is 1. The minimum atomic E-state index is -4.51. The lowest BCUT2D eigenvalue weighted by atomic mass is 9.99. The molecule has 4 aromatic rings. The maximum Gasteiger partial charge on any atom is 0.416 e. The van der Waals surface area contributed by atoms with Gasteiger partial charge in [0.2, 0.25) is 15.9 Å². The van der Waals surface area contributed by atoms with Gasteiger partial charge >= 0.3 is 6.18 Å². The van der Waals surface area contributed by atoms with Gasteiger partial charge in [0.25, 0.3) is 5.91 Å². The summed E-state index contributed by atoms with van der Waals surface area (Å²) < 4.78 is 77.5. The van der Waals surface area contributed by atoms with E-state index in [1.807, 2.05) is 42.8 Å². The summed E-state index contributed by atoms with van der Waals surface area (Å²) in [5, 5.41) is 1.61. The van der Waals surface area contributed by atoms with Crippen LogP contribution in [0.3, 0.4) is 0 Å². The largest absolute Gasteiger partial charge is 0.493 e. The van der Waals surface area contributed by atoms with Gasteiger partial charge in [-0.15, -0.1) is 0 Å². The number of nitrogens with one attached hydrogen (secondary N) is 1. The molecule has 0 atom stereocenters. The highest BCUT2D eigenvalue weighted by Crippen LogP contribution is 2.46. The third-order valence-electron chi connectivity index (χ3n) is 7.09. The fourth-order valence-corrected chi connectivity index (χ4v) is 6.34. The fourth-order valence-electron chi connectivity index (χ4n) is 5.21. The topological polar surface area (TPSA) is 102 Å². The Kier molecular flexibility index (Phi) is 8.55. The molecule has 0 bridgehead atoms. The van der Waals surface area contributed by atoms with Gasteiger partial charge < -0.3 is 14.4 Å². The average Bonchev–Trinajstić information content (AvgIpc) is 3.31. The number of amides is 2. The highest BCUT2D eigenvalue weighted by molar-refractivity contribution is 7.89. The summed E-state index contributed by atoms with van der Waals surface area (Å²) in [5.41, 5.74) is 1.41. The lowest BCUT2D eigenvalue weighted by molar-refractivity contribution is -0.137. The van der Waals surface area contributed by atoms with E-state index in [-0.39, 0.29) is 18.0 Å². The van der Waals surface area contributed by atoms with E-state index in [0.717, 1.165) is 35.0 Å². The summed E-state index contributed by atoms with van der Waals surface area (Å²) in [4.78, 5) is 27.6. The predicted octanol–water partition coefficient (Wildman–Crippen LogP) is 6.01. The lowest BCUT2D eigenvalue weighted by Crippen LogP contribution is -2.32. The maximum absolute atomic E-state index is 13.7. The van der Waals surface area contributed by atoms with Crippen LogP contribution in [0.15, 0.2) is 72.8 Å². The zero-order chi connectivity index (χ0) is 31.6. The van der Waals surface area contributed by atoms with E-state index in [0.29, 0.717) is 47.1 Å². The molecule has 5 rings (SSSR count). The number of carbonyl (C=O) groups is 2. The van der Waals surface area contributed by atoms with Crippen LogP contribution in [0.2, 0.25) is 0 Å². The van der Waals surface area contributed by atoms with E-state index in [2.05, 4.69) is 0 Å². The van der Waals surface area contributed by atoms with Gasteiger partial charge in [-0.05, 0) is 49.2 Å². The first kappa shape index (κ1) is 30.9. The molecule has 1 aliphatic heterocycles. The number of ether oxygens (including phenoxy) is 2. The number of rotatable bonds is 10. The summed E-state index contributed by atoms with van der Waals surface area (Å²) >= 11 is 0. The molecule has 0 aromatic heterocycles. The van der Waals surface area contributed by atoms with Crippen molar-refractivity contribution in [2.45, 2.75) is 38.7 Å². The third kappa shape index (κ3) is 6.35. The first-order valence-electron chi connectivity index (χ1n) is 13.8. The summed E-state index contributed by atoms with van der Waals surface area (Å²) in [6.45, 7) is 4.71. The van der Waals surface area contributed by atoms with Crippen molar-refractivity contribution in [2.24, 2.45) is 0 Å². The number of hydrogen-bond acceptors (Lipinski definition) is 6. The quantitative estimate of drug-likeness (QED) is 0.232. The molecule has 1 aliphatic rings. The van der Waals surface area contributed by atoms with E-state index >= 15 is 0 Å². The summed E-state index contributed by atoms with van der Waals surface area (Å²) in [7, 11) is -4.11. The van der Waals surface area contributed by atoms with E-state index < -0.39 is 39.8 Å². The monoisotopic (exact) mass is 626 g/mol. The van der Waals surface area contributed by atoms with Gasteiger partial charge in [-0.1, -0.05) is 48.5 Å². The SMILES string of the molecule is CCOc1c2c(c(OCC)c3ccccc13)C(=O)N(c1ccc(CS(=O)(=O)NC(=O)Cc3ccc(C(F)(F)F)cc3)cc1)C2. The number of fused-ring (bicyclic) bond motifs is 2. The number of carbonyl (C=O) groups excluding carboxylic acids is 2. The molecule has 8 nitrogen and oxygen atoms in total. The zero-order valence-electron chi connectivity index (χ0n) is 23.9. The summed E-state index contributed by atoms with van der Waals surface area (Å²) in [5.74, 6) is -0.555. The second-order valence-corrected chi connectivity index (χ2v) is 11.9. The Morgan fingerprint density at radius 3 is 2.02 bits per heavy atom.